The highest BCUT2D eigenvalue weighted by molar-refractivity contribution is 5.89. The summed E-state index contributed by atoms with van der Waals surface area (Å²) >= 11 is 0. The van der Waals surface area contributed by atoms with E-state index in [4.69, 9.17) is 11.2 Å². The van der Waals surface area contributed by atoms with Crippen molar-refractivity contribution in [2.45, 2.75) is 45.4 Å². The first-order valence-electron chi connectivity index (χ1n) is 8.27. The Morgan fingerprint density at radius 3 is 2.35 bits per heavy atom. The number of nitrogens with one attached hydrogen (secondary N) is 2. The predicted molar refractivity (Wildman–Crippen MR) is 96.0 cm³/mol. The van der Waals surface area contributed by atoms with Crippen molar-refractivity contribution in [2.75, 3.05) is 0 Å². The van der Waals surface area contributed by atoms with Crippen molar-refractivity contribution in [2.24, 2.45) is 5.92 Å². The van der Waals surface area contributed by atoms with Crippen LogP contribution in [0, 0.1) is 18.3 Å². The van der Waals surface area contributed by atoms with Crippen LogP contribution in [-0.2, 0) is 20.9 Å². The molecule has 7 nitrogen and oxygen atoms in total. The molecule has 0 heterocycles. The average Bonchev–Trinajstić information content (AvgIpc) is 2.59. The number of hydrogen-bond acceptors (Lipinski definition) is 4. The summed E-state index contributed by atoms with van der Waals surface area (Å²) in [7, 11) is 0. The lowest BCUT2D eigenvalue weighted by Crippen LogP contribution is -2.51. The summed E-state index contributed by atoms with van der Waals surface area (Å²) in [5.41, 5.74) is 0.795. The molecule has 1 aromatic rings. The van der Waals surface area contributed by atoms with Crippen LogP contribution >= 0.6 is 0 Å². The molecule has 7 heteroatoms. The zero-order chi connectivity index (χ0) is 19.5. The van der Waals surface area contributed by atoms with Gasteiger partial charge in [0.2, 0.25) is 5.91 Å². The Balaban J connectivity index is 2.62. The van der Waals surface area contributed by atoms with E-state index in [2.05, 4.69) is 16.6 Å². The van der Waals surface area contributed by atoms with Gasteiger partial charge in [0.1, 0.15) is 18.7 Å². The number of ether oxygens (including phenoxy) is 1. The first-order valence-corrected chi connectivity index (χ1v) is 8.27. The molecule has 0 saturated carbocycles. The molecule has 3 N–H and O–H groups in total. The summed E-state index contributed by atoms with van der Waals surface area (Å²) in [5.74, 6) is 0.568. The minimum Gasteiger partial charge on any atom is -0.480 e. The van der Waals surface area contributed by atoms with E-state index < -0.39 is 30.1 Å². The molecule has 2 amide bonds. The molecule has 0 unspecified atom stereocenters. The van der Waals surface area contributed by atoms with Crippen LogP contribution in [0.25, 0.3) is 0 Å². The van der Waals surface area contributed by atoms with E-state index >= 15 is 0 Å². The van der Waals surface area contributed by atoms with Crippen LogP contribution in [0.1, 0.15) is 32.3 Å². The highest BCUT2D eigenvalue weighted by Gasteiger charge is 2.27. The number of amides is 2. The zero-order valence-corrected chi connectivity index (χ0v) is 14.9. The van der Waals surface area contributed by atoms with Gasteiger partial charge in [0.25, 0.3) is 0 Å². The van der Waals surface area contributed by atoms with Gasteiger partial charge >= 0.3 is 12.1 Å². The molecule has 0 aliphatic carbocycles. The lowest BCUT2D eigenvalue weighted by atomic mass is 10.0. The van der Waals surface area contributed by atoms with Gasteiger partial charge in [-0.25, -0.2) is 9.59 Å². The standard InChI is InChI=1S/C19H24N2O5/c1-4-8-15(17(22)20-16(18(23)24)11-13(2)3)21-19(25)26-12-14-9-6-5-7-10-14/h1,5-7,9-10,13,15-16H,8,11-12H2,2-3H3,(H,20,22)(H,21,25)(H,23,24)/t15-,16-/m0/s1. The van der Waals surface area contributed by atoms with Gasteiger partial charge in [0.15, 0.2) is 0 Å². The Morgan fingerprint density at radius 2 is 1.81 bits per heavy atom. The van der Waals surface area contributed by atoms with Gasteiger partial charge in [-0.05, 0) is 17.9 Å². The van der Waals surface area contributed by atoms with Gasteiger partial charge in [-0.2, -0.15) is 0 Å². The summed E-state index contributed by atoms with van der Waals surface area (Å²) < 4.78 is 5.06. The minimum atomic E-state index is -1.14. The third kappa shape index (κ3) is 7.71. The Kier molecular flexibility index (Phi) is 8.71. The Morgan fingerprint density at radius 1 is 1.15 bits per heavy atom. The van der Waals surface area contributed by atoms with Gasteiger partial charge in [0, 0.05) is 6.42 Å². The number of aliphatic carboxylic acids is 1. The molecule has 0 aliphatic rings. The van der Waals surface area contributed by atoms with Crippen molar-refractivity contribution in [1.82, 2.24) is 10.6 Å². The second-order valence-electron chi connectivity index (χ2n) is 6.20. The maximum atomic E-state index is 12.3. The summed E-state index contributed by atoms with van der Waals surface area (Å²) in [5, 5.41) is 14.0. The SMILES string of the molecule is C#CC[C@H](NC(=O)OCc1ccccc1)C(=O)N[C@@H](CC(C)C)C(=O)O. The molecular weight excluding hydrogens is 336 g/mol. The molecule has 1 rings (SSSR count). The lowest BCUT2D eigenvalue weighted by Gasteiger charge is -2.21. The third-order valence-corrected chi connectivity index (χ3v) is 3.46. The molecule has 2 atom stereocenters. The van der Waals surface area contributed by atoms with Crippen molar-refractivity contribution < 1.29 is 24.2 Å². The topological polar surface area (TPSA) is 105 Å². The molecule has 0 radical (unpaired) electrons. The monoisotopic (exact) mass is 360 g/mol. The van der Waals surface area contributed by atoms with Crippen molar-refractivity contribution in [3.05, 3.63) is 35.9 Å². The highest BCUT2D eigenvalue weighted by Crippen LogP contribution is 2.06. The first kappa shape index (κ1) is 21.0. The normalized spacial score (nSPS) is 12.5. The van der Waals surface area contributed by atoms with Crippen LogP contribution in [0.3, 0.4) is 0 Å². The summed E-state index contributed by atoms with van der Waals surface area (Å²) in [4.78, 5) is 35.5. The van der Waals surface area contributed by atoms with Crippen molar-refractivity contribution in [3.8, 4) is 12.3 Å². The van der Waals surface area contributed by atoms with Gasteiger partial charge in [-0.3, -0.25) is 4.79 Å². The summed E-state index contributed by atoms with van der Waals surface area (Å²) in [6, 6.07) is 6.93. The number of rotatable bonds is 9. The molecule has 0 spiro atoms. The van der Waals surface area contributed by atoms with E-state index in [0.29, 0.717) is 0 Å². The quantitative estimate of drug-likeness (QED) is 0.584. The average molecular weight is 360 g/mol. The number of carbonyl (C=O) groups is 3. The summed E-state index contributed by atoms with van der Waals surface area (Å²) in [6.45, 7) is 3.74. The van der Waals surface area contributed by atoms with Gasteiger partial charge in [-0.15, -0.1) is 12.3 Å². The second kappa shape index (κ2) is 10.8. The highest BCUT2D eigenvalue weighted by atomic mass is 16.5. The summed E-state index contributed by atoms with van der Waals surface area (Å²) in [6.07, 6.45) is 4.62. The van der Waals surface area contributed by atoms with Gasteiger partial charge in [0.05, 0.1) is 0 Å². The van der Waals surface area contributed by atoms with E-state index in [1.165, 1.54) is 0 Å². The molecule has 140 valence electrons. The van der Waals surface area contributed by atoms with Crippen LogP contribution in [0.2, 0.25) is 0 Å². The first-order chi connectivity index (χ1) is 12.3. The number of carbonyl (C=O) groups excluding carboxylic acids is 2. The van der Waals surface area contributed by atoms with Gasteiger partial charge in [-0.1, -0.05) is 44.2 Å². The number of carboxylic acids is 1. The third-order valence-electron chi connectivity index (χ3n) is 3.46. The smallest absolute Gasteiger partial charge is 0.408 e. The van der Waals surface area contributed by atoms with Crippen LogP contribution in [0.5, 0.6) is 0 Å². The van der Waals surface area contributed by atoms with Crippen LogP contribution in [0.15, 0.2) is 30.3 Å². The van der Waals surface area contributed by atoms with E-state index in [1.807, 2.05) is 32.0 Å². The van der Waals surface area contributed by atoms with E-state index in [1.54, 1.807) is 12.1 Å². The van der Waals surface area contributed by atoms with E-state index in [9.17, 15) is 19.5 Å². The Bertz CT molecular complexity index is 652. The Labute approximate surface area is 153 Å². The van der Waals surface area contributed by atoms with E-state index in [-0.39, 0.29) is 25.4 Å². The maximum Gasteiger partial charge on any atom is 0.408 e. The number of benzene rings is 1. The number of hydrogen-bond donors (Lipinski definition) is 3. The fourth-order valence-corrected chi connectivity index (χ4v) is 2.20. The van der Waals surface area contributed by atoms with Crippen LogP contribution < -0.4 is 10.6 Å². The number of alkyl carbamates (subject to hydrolysis) is 1. The number of carboxylic acid groups (broad SMARTS) is 1. The molecule has 0 aliphatic heterocycles. The van der Waals surface area contributed by atoms with Crippen molar-refractivity contribution in [1.29, 1.82) is 0 Å². The molecule has 0 bridgehead atoms. The predicted octanol–water partition coefficient (Wildman–Crippen LogP) is 1.92. The van der Waals surface area contributed by atoms with Crippen molar-refractivity contribution >= 4 is 18.0 Å². The van der Waals surface area contributed by atoms with Crippen molar-refractivity contribution in [3.63, 3.8) is 0 Å². The zero-order valence-electron chi connectivity index (χ0n) is 14.9. The largest absolute Gasteiger partial charge is 0.480 e. The van der Waals surface area contributed by atoms with E-state index in [0.717, 1.165) is 5.56 Å². The maximum absolute atomic E-state index is 12.3. The molecule has 26 heavy (non-hydrogen) atoms. The molecule has 0 aromatic heterocycles. The Hall–Kier alpha value is -3.01. The van der Waals surface area contributed by atoms with Crippen LogP contribution in [0.4, 0.5) is 4.79 Å². The fourth-order valence-electron chi connectivity index (χ4n) is 2.20. The molecular formula is C19H24N2O5. The fraction of sp³-hybridized carbons (Fsp3) is 0.421. The van der Waals surface area contributed by atoms with Crippen LogP contribution in [-0.4, -0.2) is 35.2 Å². The molecule has 1 aromatic carbocycles. The molecule has 0 fully saturated rings. The second-order valence-corrected chi connectivity index (χ2v) is 6.20. The van der Waals surface area contributed by atoms with Gasteiger partial charge < -0.3 is 20.5 Å². The minimum absolute atomic E-state index is 0.0438. The lowest BCUT2D eigenvalue weighted by molar-refractivity contribution is -0.142. The number of terminal acetylenes is 1. The molecule has 0 saturated heterocycles.